The molecule has 31 heavy (non-hydrogen) atoms. The van der Waals surface area contributed by atoms with Gasteiger partial charge in [0.15, 0.2) is 0 Å². The van der Waals surface area contributed by atoms with E-state index in [9.17, 15) is 8.42 Å². The standard InChI is InChI=1S/C24H18N4O2S/c25-11-1-3-15-17(5-11)23-19(15)7-13(27)9-21(23)31(29,30)22-10-14(28)8-20-16-4-2-12(26)6-18(16)24(20)22/h1-10H,25-28H2. The topological polar surface area (TPSA) is 138 Å². The van der Waals surface area contributed by atoms with Gasteiger partial charge in [0.25, 0.3) is 0 Å². The number of fused-ring (bicyclic) bond motifs is 8. The Hall–Kier alpha value is -3.97. The molecule has 0 unspecified atom stereocenters. The van der Waals surface area contributed by atoms with Crippen molar-refractivity contribution >= 4 is 32.6 Å². The number of anilines is 4. The van der Waals surface area contributed by atoms with Crippen LogP contribution in [-0.4, -0.2) is 8.42 Å². The largest absolute Gasteiger partial charge is 0.399 e. The van der Waals surface area contributed by atoms with Crippen LogP contribution >= 0.6 is 0 Å². The Bertz CT molecular complexity index is 1480. The molecule has 0 bridgehead atoms. The molecule has 8 N–H and O–H groups in total. The average molecular weight is 427 g/mol. The van der Waals surface area contributed by atoms with Gasteiger partial charge in [0.05, 0.1) is 9.79 Å². The summed E-state index contributed by atoms with van der Waals surface area (Å²) in [5.74, 6) is 0. The lowest BCUT2D eigenvalue weighted by molar-refractivity contribution is 0.596. The summed E-state index contributed by atoms with van der Waals surface area (Å²) in [5.41, 5.74) is 32.4. The molecule has 2 aliphatic carbocycles. The fourth-order valence-corrected chi connectivity index (χ4v) is 6.48. The summed E-state index contributed by atoms with van der Waals surface area (Å²) >= 11 is 0. The minimum absolute atomic E-state index is 0.158. The third-order valence-corrected chi connectivity index (χ3v) is 7.84. The molecule has 0 radical (unpaired) electrons. The first-order chi connectivity index (χ1) is 14.8. The van der Waals surface area contributed by atoms with Crippen LogP contribution in [0.1, 0.15) is 0 Å². The van der Waals surface area contributed by atoms with Crippen molar-refractivity contribution in [2.24, 2.45) is 0 Å². The van der Waals surface area contributed by atoms with Gasteiger partial charge in [-0.05, 0) is 81.9 Å². The number of rotatable bonds is 2. The van der Waals surface area contributed by atoms with Gasteiger partial charge in [-0.2, -0.15) is 0 Å². The highest BCUT2D eigenvalue weighted by atomic mass is 32.2. The van der Waals surface area contributed by atoms with Crippen molar-refractivity contribution < 1.29 is 8.42 Å². The molecule has 0 saturated carbocycles. The van der Waals surface area contributed by atoms with Crippen molar-refractivity contribution in [3.8, 4) is 44.5 Å². The van der Waals surface area contributed by atoms with Crippen molar-refractivity contribution in [2.45, 2.75) is 9.79 Å². The number of sulfone groups is 1. The fourth-order valence-electron chi connectivity index (χ4n) is 4.68. The summed E-state index contributed by atoms with van der Waals surface area (Å²) < 4.78 is 27.9. The molecule has 7 heteroatoms. The molecule has 4 aromatic rings. The van der Waals surface area contributed by atoms with Gasteiger partial charge in [0, 0.05) is 33.9 Å². The van der Waals surface area contributed by atoms with E-state index in [2.05, 4.69) is 0 Å². The van der Waals surface area contributed by atoms with Crippen LogP contribution in [0.3, 0.4) is 0 Å². The third kappa shape index (κ3) is 2.23. The molecule has 2 aliphatic rings. The van der Waals surface area contributed by atoms with Crippen LogP contribution in [0.25, 0.3) is 44.5 Å². The highest BCUT2D eigenvalue weighted by Crippen LogP contribution is 2.56. The average Bonchev–Trinajstić information content (AvgIpc) is 2.70. The van der Waals surface area contributed by atoms with Crippen LogP contribution in [-0.2, 0) is 9.84 Å². The van der Waals surface area contributed by atoms with E-state index in [0.29, 0.717) is 33.9 Å². The zero-order valence-electron chi connectivity index (χ0n) is 16.3. The van der Waals surface area contributed by atoms with Gasteiger partial charge in [0.1, 0.15) is 0 Å². The van der Waals surface area contributed by atoms with Crippen molar-refractivity contribution in [3.05, 3.63) is 60.7 Å². The first kappa shape index (κ1) is 17.9. The molecular formula is C24H18N4O2S. The molecule has 0 spiro atoms. The van der Waals surface area contributed by atoms with E-state index in [-0.39, 0.29) is 9.79 Å². The quantitative estimate of drug-likeness (QED) is 0.307. The Morgan fingerprint density at radius 2 is 0.839 bits per heavy atom. The summed E-state index contributed by atoms with van der Waals surface area (Å²) in [6.07, 6.45) is 0. The number of nitrogens with two attached hydrogens (primary N) is 4. The first-order valence-electron chi connectivity index (χ1n) is 9.68. The maximum absolute atomic E-state index is 14.0. The van der Waals surface area contributed by atoms with Crippen molar-refractivity contribution in [3.63, 3.8) is 0 Å². The van der Waals surface area contributed by atoms with Crippen LogP contribution in [0.2, 0.25) is 0 Å². The smallest absolute Gasteiger partial charge is 0.208 e. The van der Waals surface area contributed by atoms with E-state index >= 15 is 0 Å². The zero-order chi connectivity index (χ0) is 21.7. The number of nitrogen functional groups attached to an aromatic ring is 4. The summed E-state index contributed by atoms with van der Waals surface area (Å²) in [5, 5.41) is 0. The Morgan fingerprint density at radius 3 is 1.26 bits per heavy atom. The normalized spacial score (nSPS) is 12.6. The summed E-state index contributed by atoms with van der Waals surface area (Å²) in [7, 11) is -3.94. The van der Waals surface area contributed by atoms with Gasteiger partial charge >= 0.3 is 0 Å². The number of hydrogen-bond donors (Lipinski definition) is 4. The monoisotopic (exact) mass is 426 g/mol. The van der Waals surface area contributed by atoms with E-state index in [1.807, 2.05) is 12.1 Å². The molecule has 0 amide bonds. The molecule has 0 fully saturated rings. The van der Waals surface area contributed by atoms with Gasteiger partial charge in [-0.1, -0.05) is 12.1 Å². The van der Waals surface area contributed by atoms with E-state index in [0.717, 1.165) is 33.4 Å². The van der Waals surface area contributed by atoms with Gasteiger partial charge in [-0.25, -0.2) is 8.42 Å². The van der Waals surface area contributed by atoms with Crippen LogP contribution < -0.4 is 22.9 Å². The molecule has 6 rings (SSSR count). The highest BCUT2D eigenvalue weighted by Gasteiger charge is 2.37. The lowest BCUT2D eigenvalue weighted by atomic mass is 9.80. The maximum Gasteiger partial charge on any atom is 0.208 e. The van der Waals surface area contributed by atoms with Crippen molar-refractivity contribution in [2.75, 3.05) is 22.9 Å². The predicted octanol–water partition coefficient (Wildman–Crippen LogP) is 4.14. The molecular weight excluding hydrogens is 408 g/mol. The second kappa shape index (κ2) is 5.59. The second-order valence-corrected chi connectivity index (χ2v) is 9.88. The Kier molecular flexibility index (Phi) is 3.22. The van der Waals surface area contributed by atoms with Crippen molar-refractivity contribution in [1.29, 1.82) is 0 Å². The number of hydrogen-bond acceptors (Lipinski definition) is 6. The molecule has 4 aromatic carbocycles. The maximum atomic E-state index is 14.0. The highest BCUT2D eigenvalue weighted by molar-refractivity contribution is 7.91. The van der Waals surface area contributed by atoms with E-state index < -0.39 is 9.84 Å². The molecule has 0 aliphatic heterocycles. The SMILES string of the molecule is Nc1ccc2c(c1)-c1c-2cc(N)cc1S(=O)(=O)c1cc(N)cc2c1-c1cc(N)ccc1-2. The molecule has 0 aromatic heterocycles. The Morgan fingerprint density at radius 1 is 0.452 bits per heavy atom. The molecule has 0 heterocycles. The minimum Gasteiger partial charge on any atom is -0.399 e. The number of benzene rings is 4. The van der Waals surface area contributed by atoms with E-state index in [1.54, 1.807) is 36.4 Å². The van der Waals surface area contributed by atoms with Crippen LogP contribution in [0.4, 0.5) is 22.7 Å². The summed E-state index contributed by atoms with van der Waals surface area (Å²) in [6, 6.07) is 17.5. The minimum atomic E-state index is -3.94. The van der Waals surface area contributed by atoms with E-state index in [4.69, 9.17) is 22.9 Å². The summed E-state index contributed by atoms with van der Waals surface area (Å²) in [6.45, 7) is 0. The van der Waals surface area contributed by atoms with Gasteiger partial charge in [-0.3, -0.25) is 0 Å². The van der Waals surface area contributed by atoms with Crippen molar-refractivity contribution in [1.82, 2.24) is 0 Å². The lowest BCUT2D eigenvalue weighted by Crippen LogP contribution is -2.14. The summed E-state index contributed by atoms with van der Waals surface area (Å²) in [4.78, 5) is 0.316. The van der Waals surface area contributed by atoms with Gasteiger partial charge in [0.2, 0.25) is 9.84 Å². The van der Waals surface area contributed by atoms with Crippen LogP contribution in [0.5, 0.6) is 0 Å². The molecule has 152 valence electrons. The molecule has 0 saturated heterocycles. The lowest BCUT2D eigenvalue weighted by Gasteiger charge is -2.30. The Labute approximate surface area is 179 Å². The van der Waals surface area contributed by atoms with Crippen LogP contribution in [0.15, 0.2) is 70.5 Å². The first-order valence-corrected chi connectivity index (χ1v) is 11.2. The second-order valence-electron chi connectivity index (χ2n) is 8.00. The van der Waals surface area contributed by atoms with Gasteiger partial charge in [-0.15, -0.1) is 0 Å². The molecule has 6 nitrogen and oxygen atoms in total. The van der Waals surface area contributed by atoms with Gasteiger partial charge < -0.3 is 22.9 Å². The van der Waals surface area contributed by atoms with Crippen LogP contribution in [0, 0.1) is 0 Å². The van der Waals surface area contributed by atoms with E-state index in [1.165, 1.54) is 12.1 Å². The zero-order valence-corrected chi connectivity index (χ0v) is 17.1. The Balaban J connectivity index is 1.62. The third-order valence-electron chi connectivity index (χ3n) is 6.03. The predicted molar refractivity (Wildman–Crippen MR) is 125 cm³/mol. The molecule has 0 atom stereocenters. The fraction of sp³-hybridized carbons (Fsp3) is 0.